The van der Waals surface area contributed by atoms with Crippen LogP contribution in [0, 0.1) is 5.82 Å². The molecule has 0 atom stereocenters. The van der Waals surface area contributed by atoms with E-state index in [2.05, 4.69) is 10.3 Å². The maximum atomic E-state index is 12.9. The summed E-state index contributed by atoms with van der Waals surface area (Å²) in [7, 11) is 0. The van der Waals surface area contributed by atoms with Gasteiger partial charge in [-0.3, -0.25) is 0 Å². The van der Waals surface area contributed by atoms with Crippen molar-refractivity contribution in [3.63, 3.8) is 0 Å². The number of hydrogen-bond donors (Lipinski definition) is 1. The number of hydrogen-bond acceptors (Lipinski definition) is 3. The molecule has 0 aliphatic heterocycles. The SMILES string of the molecule is CCNc1ccc2oc(-c3ccc(F)cc3)nc2c1. The molecule has 0 radical (unpaired) electrons. The zero-order valence-electron chi connectivity index (χ0n) is 10.5. The van der Waals surface area contributed by atoms with E-state index in [-0.39, 0.29) is 5.82 Å². The van der Waals surface area contributed by atoms with Crippen molar-refractivity contribution < 1.29 is 8.81 Å². The number of fused-ring (bicyclic) bond motifs is 1. The minimum Gasteiger partial charge on any atom is -0.436 e. The molecular weight excluding hydrogens is 243 g/mol. The van der Waals surface area contributed by atoms with Gasteiger partial charge in [0.15, 0.2) is 5.58 Å². The van der Waals surface area contributed by atoms with Gasteiger partial charge in [-0.15, -0.1) is 0 Å². The minimum absolute atomic E-state index is 0.269. The van der Waals surface area contributed by atoms with Gasteiger partial charge in [0.1, 0.15) is 11.3 Å². The van der Waals surface area contributed by atoms with Crippen LogP contribution in [0.25, 0.3) is 22.6 Å². The van der Waals surface area contributed by atoms with Gasteiger partial charge >= 0.3 is 0 Å². The minimum atomic E-state index is -0.269. The van der Waals surface area contributed by atoms with Crippen LogP contribution in [0.4, 0.5) is 10.1 Å². The molecule has 0 aliphatic carbocycles. The third-order valence-electron chi connectivity index (χ3n) is 2.86. The summed E-state index contributed by atoms with van der Waals surface area (Å²) in [6, 6.07) is 11.9. The molecule has 19 heavy (non-hydrogen) atoms. The van der Waals surface area contributed by atoms with Crippen LogP contribution < -0.4 is 5.32 Å². The molecule has 0 unspecified atom stereocenters. The highest BCUT2D eigenvalue weighted by Gasteiger charge is 2.08. The lowest BCUT2D eigenvalue weighted by Crippen LogP contribution is -1.95. The van der Waals surface area contributed by atoms with Crippen molar-refractivity contribution in [1.29, 1.82) is 0 Å². The van der Waals surface area contributed by atoms with Gasteiger partial charge in [-0.25, -0.2) is 9.37 Å². The second kappa shape index (κ2) is 4.72. The Morgan fingerprint density at radius 3 is 2.68 bits per heavy atom. The molecule has 3 aromatic rings. The van der Waals surface area contributed by atoms with E-state index >= 15 is 0 Å². The van der Waals surface area contributed by atoms with Gasteiger partial charge in [0.2, 0.25) is 5.89 Å². The first-order valence-corrected chi connectivity index (χ1v) is 6.16. The molecule has 2 aromatic carbocycles. The van der Waals surface area contributed by atoms with E-state index < -0.39 is 0 Å². The number of nitrogens with zero attached hydrogens (tertiary/aromatic N) is 1. The molecule has 0 aliphatic rings. The van der Waals surface area contributed by atoms with Gasteiger partial charge in [0.25, 0.3) is 0 Å². The number of anilines is 1. The molecule has 0 saturated heterocycles. The second-order valence-corrected chi connectivity index (χ2v) is 4.24. The van der Waals surface area contributed by atoms with Crippen LogP contribution in [-0.2, 0) is 0 Å². The fraction of sp³-hybridized carbons (Fsp3) is 0.133. The highest BCUT2D eigenvalue weighted by Crippen LogP contribution is 2.26. The molecule has 1 heterocycles. The van der Waals surface area contributed by atoms with Crippen molar-refractivity contribution in [2.24, 2.45) is 0 Å². The summed E-state index contributed by atoms with van der Waals surface area (Å²) in [5, 5.41) is 3.22. The molecule has 1 N–H and O–H groups in total. The van der Waals surface area contributed by atoms with Crippen molar-refractivity contribution in [3.05, 3.63) is 48.3 Å². The Morgan fingerprint density at radius 1 is 1.16 bits per heavy atom. The van der Waals surface area contributed by atoms with Crippen LogP contribution in [0.5, 0.6) is 0 Å². The Bertz CT molecular complexity index is 704. The van der Waals surface area contributed by atoms with Gasteiger partial charge in [-0.1, -0.05) is 0 Å². The first-order chi connectivity index (χ1) is 9.26. The second-order valence-electron chi connectivity index (χ2n) is 4.24. The first kappa shape index (κ1) is 11.7. The van der Waals surface area contributed by atoms with Crippen LogP contribution in [0.2, 0.25) is 0 Å². The lowest BCUT2D eigenvalue weighted by molar-refractivity contribution is 0.616. The summed E-state index contributed by atoms with van der Waals surface area (Å²) < 4.78 is 18.6. The number of rotatable bonds is 3. The predicted molar refractivity (Wildman–Crippen MR) is 73.6 cm³/mol. The smallest absolute Gasteiger partial charge is 0.227 e. The van der Waals surface area contributed by atoms with Crippen LogP contribution >= 0.6 is 0 Å². The molecule has 3 nitrogen and oxygen atoms in total. The molecule has 0 saturated carbocycles. The van der Waals surface area contributed by atoms with E-state index in [4.69, 9.17) is 4.42 Å². The summed E-state index contributed by atoms with van der Waals surface area (Å²) in [5.74, 6) is 0.234. The van der Waals surface area contributed by atoms with E-state index in [9.17, 15) is 4.39 Å². The standard InChI is InChI=1S/C15H13FN2O/c1-2-17-12-7-8-14-13(9-12)18-15(19-14)10-3-5-11(16)6-4-10/h3-9,17H,2H2,1H3. The monoisotopic (exact) mass is 256 g/mol. The molecule has 3 rings (SSSR count). The highest BCUT2D eigenvalue weighted by molar-refractivity contribution is 5.80. The van der Waals surface area contributed by atoms with Crippen molar-refractivity contribution in [2.75, 3.05) is 11.9 Å². The fourth-order valence-electron chi connectivity index (χ4n) is 1.96. The van der Waals surface area contributed by atoms with E-state index in [1.165, 1.54) is 12.1 Å². The highest BCUT2D eigenvalue weighted by atomic mass is 19.1. The topological polar surface area (TPSA) is 38.1 Å². The van der Waals surface area contributed by atoms with Gasteiger partial charge in [0, 0.05) is 17.8 Å². The van der Waals surface area contributed by atoms with Crippen molar-refractivity contribution in [3.8, 4) is 11.5 Å². The molecule has 1 aromatic heterocycles. The van der Waals surface area contributed by atoms with Gasteiger partial charge in [-0.2, -0.15) is 0 Å². The van der Waals surface area contributed by atoms with Crippen molar-refractivity contribution in [2.45, 2.75) is 6.92 Å². The average molecular weight is 256 g/mol. The predicted octanol–water partition coefficient (Wildman–Crippen LogP) is 4.07. The summed E-state index contributed by atoms with van der Waals surface area (Å²) in [4.78, 5) is 4.43. The molecule has 0 amide bonds. The normalized spacial score (nSPS) is 10.8. The average Bonchev–Trinajstić information content (AvgIpc) is 2.83. The Kier molecular flexibility index (Phi) is 2.91. The van der Waals surface area contributed by atoms with Crippen molar-refractivity contribution >= 4 is 16.8 Å². The fourth-order valence-corrected chi connectivity index (χ4v) is 1.96. The summed E-state index contributed by atoms with van der Waals surface area (Å²) in [5.41, 5.74) is 3.29. The van der Waals surface area contributed by atoms with Crippen LogP contribution in [0.3, 0.4) is 0 Å². The Labute approximate surface area is 110 Å². The zero-order chi connectivity index (χ0) is 13.2. The molecular formula is C15H13FN2O. The lowest BCUT2D eigenvalue weighted by atomic mass is 10.2. The lowest BCUT2D eigenvalue weighted by Gasteiger charge is -2.00. The van der Waals surface area contributed by atoms with Gasteiger partial charge < -0.3 is 9.73 Å². The maximum absolute atomic E-state index is 12.9. The largest absolute Gasteiger partial charge is 0.436 e. The molecule has 0 spiro atoms. The van der Waals surface area contributed by atoms with Gasteiger partial charge in [-0.05, 0) is 49.4 Å². The Morgan fingerprint density at radius 2 is 1.95 bits per heavy atom. The van der Waals surface area contributed by atoms with Crippen LogP contribution in [0.15, 0.2) is 46.9 Å². The first-order valence-electron chi connectivity index (χ1n) is 6.16. The molecule has 0 bridgehead atoms. The van der Waals surface area contributed by atoms with Crippen molar-refractivity contribution in [1.82, 2.24) is 4.98 Å². The molecule has 4 heteroatoms. The van der Waals surface area contributed by atoms with Crippen LogP contribution in [-0.4, -0.2) is 11.5 Å². The molecule has 96 valence electrons. The third kappa shape index (κ3) is 2.29. The van der Waals surface area contributed by atoms with E-state index in [0.717, 1.165) is 28.9 Å². The zero-order valence-corrected chi connectivity index (χ0v) is 10.5. The number of oxazole rings is 1. The number of aromatic nitrogens is 1. The summed E-state index contributed by atoms with van der Waals surface area (Å²) in [6.45, 7) is 2.89. The third-order valence-corrected chi connectivity index (χ3v) is 2.86. The van der Waals surface area contributed by atoms with E-state index in [1.807, 2.05) is 25.1 Å². The molecule has 0 fully saturated rings. The van der Waals surface area contributed by atoms with E-state index in [1.54, 1.807) is 12.1 Å². The van der Waals surface area contributed by atoms with E-state index in [0.29, 0.717) is 5.89 Å². The Hall–Kier alpha value is -2.36. The summed E-state index contributed by atoms with van der Waals surface area (Å²) in [6.07, 6.45) is 0. The summed E-state index contributed by atoms with van der Waals surface area (Å²) >= 11 is 0. The quantitative estimate of drug-likeness (QED) is 0.767. The number of benzene rings is 2. The van der Waals surface area contributed by atoms with Crippen LogP contribution in [0.1, 0.15) is 6.92 Å². The number of halogens is 1. The maximum Gasteiger partial charge on any atom is 0.227 e. The Balaban J connectivity index is 2.03. The van der Waals surface area contributed by atoms with Gasteiger partial charge in [0.05, 0.1) is 0 Å². The number of nitrogens with one attached hydrogen (secondary N) is 1.